The molecule has 0 aliphatic heterocycles. The molecule has 10 nitrogen and oxygen atoms in total. The van der Waals surface area contributed by atoms with Crippen molar-refractivity contribution in [2.24, 2.45) is 7.05 Å². The molecule has 1 amide bonds. The van der Waals surface area contributed by atoms with Crippen molar-refractivity contribution in [2.75, 3.05) is 19.0 Å². The fourth-order valence-electron chi connectivity index (χ4n) is 3.45. The Morgan fingerprint density at radius 3 is 2.35 bits per heavy atom. The fraction of sp³-hybridized carbons (Fsp3) is 0.208. The van der Waals surface area contributed by atoms with E-state index in [9.17, 15) is 14.4 Å². The molecule has 0 atom stereocenters. The molecule has 0 radical (unpaired) electrons. The van der Waals surface area contributed by atoms with Crippen molar-refractivity contribution in [1.29, 1.82) is 0 Å². The largest absolute Gasteiger partial charge is 0.497 e. The second kappa shape index (κ2) is 9.57. The van der Waals surface area contributed by atoms with E-state index in [-0.39, 0.29) is 11.0 Å². The predicted molar refractivity (Wildman–Crippen MR) is 127 cm³/mol. The Morgan fingerprint density at radius 1 is 1.03 bits per heavy atom. The second-order valence-electron chi connectivity index (χ2n) is 7.40. The minimum atomic E-state index is -0.654. The van der Waals surface area contributed by atoms with Crippen molar-refractivity contribution in [3.63, 3.8) is 0 Å². The van der Waals surface area contributed by atoms with E-state index in [1.807, 2.05) is 6.92 Å². The highest BCUT2D eigenvalue weighted by molar-refractivity contribution is 5.90. The molecule has 4 aromatic rings. The monoisotopic (exact) mass is 461 g/mol. The quantitative estimate of drug-likeness (QED) is 0.448. The smallest absolute Gasteiger partial charge is 0.332 e. The van der Waals surface area contributed by atoms with Crippen LogP contribution in [0, 0.1) is 0 Å². The number of carbonyl (C=O) groups is 1. The summed E-state index contributed by atoms with van der Waals surface area (Å²) in [7, 11) is 3.07. The van der Waals surface area contributed by atoms with E-state index in [2.05, 4.69) is 15.3 Å². The van der Waals surface area contributed by atoms with Crippen molar-refractivity contribution in [3.05, 3.63) is 75.6 Å². The lowest BCUT2D eigenvalue weighted by atomic mass is 10.2. The van der Waals surface area contributed by atoms with Crippen LogP contribution in [0.5, 0.6) is 11.5 Å². The molecule has 0 spiro atoms. The number of nitrogens with one attached hydrogen (secondary N) is 1. The minimum Gasteiger partial charge on any atom is -0.497 e. The molecule has 0 aliphatic rings. The van der Waals surface area contributed by atoms with E-state index in [0.717, 1.165) is 4.57 Å². The Bertz CT molecular complexity index is 1460. The lowest BCUT2D eigenvalue weighted by molar-refractivity contribution is -0.116. The first kappa shape index (κ1) is 22.7. The lowest BCUT2D eigenvalue weighted by Gasteiger charge is -2.11. The third-order valence-electron chi connectivity index (χ3n) is 5.18. The highest BCUT2D eigenvalue weighted by Crippen LogP contribution is 2.20. The van der Waals surface area contributed by atoms with Gasteiger partial charge in [0.1, 0.15) is 23.4 Å². The predicted octanol–water partition coefficient (Wildman–Crippen LogP) is 2.20. The van der Waals surface area contributed by atoms with Crippen LogP contribution in [0.15, 0.2) is 64.3 Å². The number of anilines is 1. The molecule has 0 bridgehead atoms. The number of amides is 1. The number of methoxy groups -OCH3 is 1. The molecule has 0 unspecified atom stereocenters. The van der Waals surface area contributed by atoms with Gasteiger partial charge < -0.3 is 14.8 Å². The van der Waals surface area contributed by atoms with E-state index in [1.54, 1.807) is 55.6 Å². The second-order valence-corrected chi connectivity index (χ2v) is 7.40. The number of hydrogen-bond acceptors (Lipinski definition) is 7. The van der Waals surface area contributed by atoms with Gasteiger partial charge in [-0.05, 0) is 55.5 Å². The van der Waals surface area contributed by atoms with Crippen LogP contribution >= 0.6 is 0 Å². The fourth-order valence-corrected chi connectivity index (χ4v) is 3.45. The molecule has 0 aliphatic carbocycles. The number of hydrogen-bond donors (Lipinski definition) is 1. The number of carbonyl (C=O) groups excluding carboxylic acids is 1. The summed E-state index contributed by atoms with van der Waals surface area (Å²) in [5.74, 6) is 1.20. The molecule has 2 aromatic carbocycles. The number of benzene rings is 2. The molecule has 0 saturated heterocycles. The van der Waals surface area contributed by atoms with Gasteiger partial charge in [-0.25, -0.2) is 14.8 Å². The van der Waals surface area contributed by atoms with E-state index >= 15 is 0 Å². The van der Waals surface area contributed by atoms with Crippen molar-refractivity contribution >= 4 is 22.6 Å². The summed E-state index contributed by atoms with van der Waals surface area (Å²) in [6.07, 6.45) is 1.37. The average Bonchev–Trinajstić information content (AvgIpc) is 2.86. The minimum absolute atomic E-state index is 0.133. The molecule has 34 heavy (non-hydrogen) atoms. The van der Waals surface area contributed by atoms with Gasteiger partial charge in [0.2, 0.25) is 5.91 Å². The molecular formula is C24H23N5O5. The van der Waals surface area contributed by atoms with E-state index < -0.39 is 23.7 Å². The zero-order valence-corrected chi connectivity index (χ0v) is 18.9. The van der Waals surface area contributed by atoms with E-state index in [1.165, 1.54) is 17.8 Å². The third kappa shape index (κ3) is 4.51. The maximum atomic E-state index is 13.0. The normalized spacial score (nSPS) is 10.8. The number of aryl methyl sites for hydroxylation is 1. The summed E-state index contributed by atoms with van der Waals surface area (Å²) in [6.45, 7) is 1.96. The average molecular weight is 461 g/mol. The van der Waals surface area contributed by atoms with Crippen LogP contribution in [-0.4, -0.2) is 38.7 Å². The van der Waals surface area contributed by atoms with Gasteiger partial charge in [0.25, 0.3) is 5.56 Å². The van der Waals surface area contributed by atoms with Gasteiger partial charge in [-0.15, -0.1) is 0 Å². The zero-order valence-electron chi connectivity index (χ0n) is 18.9. The van der Waals surface area contributed by atoms with E-state index in [0.29, 0.717) is 35.2 Å². The topological polar surface area (TPSA) is 117 Å². The van der Waals surface area contributed by atoms with Gasteiger partial charge >= 0.3 is 5.69 Å². The first-order chi connectivity index (χ1) is 16.4. The Labute approximate surface area is 194 Å². The number of nitrogens with zero attached hydrogens (tertiary/aromatic N) is 4. The summed E-state index contributed by atoms with van der Waals surface area (Å²) >= 11 is 0. The first-order valence-electron chi connectivity index (χ1n) is 10.5. The molecule has 174 valence electrons. The van der Waals surface area contributed by atoms with Crippen LogP contribution < -0.4 is 26.0 Å². The molecule has 2 heterocycles. The van der Waals surface area contributed by atoms with Gasteiger partial charge in [0.05, 0.1) is 13.7 Å². The van der Waals surface area contributed by atoms with Crippen LogP contribution in [-0.2, 0) is 18.4 Å². The molecule has 1 N–H and O–H groups in total. The highest BCUT2D eigenvalue weighted by atomic mass is 16.5. The van der Waals surface area contributed by atoms with Gasteiger partial charge in [-0.2, -0.15) is 0 Å². The Balaban J connectivity index is 1.62. The van der Waals surface area contributed by atoms with Crippen molar-refractivity contribution < 1.29 is 14.3 Å². The van der Waals surface area contributed by atoms with Gasteiger partial charge in [0, 0.05) is 24.5 Å². The summed E-state index contributed by atoms with van der Waals surface area (Å²) in [4.78, 5) is 47.1. The molecule has 2 aromatic heterocycles. The zero-order chi connectivity index (χ0) is 24.2. The Hall–Kier alpha value is -4.47. The summed E-state index contributed by atoms with van der Waals surface area (Å²) in [5.41, 5.74) is 0.111. The van der Waals surface area contributed by atoms with Crippen molar-refractivity contribution in [1.82, 2.24) is 19.1 Å². The number of fused-ring (bicyclic) bond motifs is 1. The maximum absolute atomic E-state index is 13.0. The van der Waals surface area contributed by atoms with E-state index in [4.69, 9.17) is 9.47 Å². The van der Waals surface area contributed by atoms with Crippen molar-refractivity contribution in [3.8, 4) is 22.9 Å². The Morgan fingerprint density at radius 2 is 1.71 bits per heavy atom. The number of rotatable bonds is 7. The van der Waals surface area contributed by atoms with Crippen LogP contribution in [0.2, 0.25) is 0 Å². The molecule has 10 heteroatoms. The van der Waals surface area contributed by atoms with Crippen LogP contribution in [0.4, 0.5) is 5.69 Å². The highest BCUT2D eigenvalue weighted by Gasteiger charge is 2.16. The summed E-state index contributed by atoms with van der Waals surface area (Å²) < 4.78 is 12.6. The molecule has 0 fully saturated rings. The molecular weight excluding hydrogens is 438 g/mol. The summed E-state index contributed by atoms with van der Waals surface area (Å²) in [6, 6.07) is 13.9. The SMILES string of the molecule is CCOc1ccc(NC(=O)Cn2c(=O)c3cnc(-c4ccc(OC)cc4)nc3n(C)c2=O)cc1. The Kier molecular flexibility index (Phi) is 6.39. The third-order valence-corrected chi connectivity index (χ3v) is 5.18. The van der Waals surface area contributed by atoms with Crippen molar-refractivity contribution in [2.45, 2.75) is 13.5 Å². The van der Waals surface area contributed by atoms with Crippen LogP contribution in [0.25, 0.3) is 22.4 Å². The van der Waals surface area contributed by atoms with Crippen LogP contribution in [0.1, 0.15) is 6.92 Å². The molecule has 0 saturated carbocycles. The number of ether oxygens (including phenoxy) is 2. The summed E-state index contributed by atoms with van der Waals surface area (Å²) in [5, 5.41) is 2.81. The van der Waals surface area contributed by atoms with Gasteiger partial charge in [0.15, 0.2) is 11.5 Å². The first-order valence-corrected chi connectivity index (χ1v) is 10.5. The van der Waals surface area contributed by atoms with Crippen LogP contribution in [0.3, 0.4) is 0 Å². The standard InChI is InChI=1S/C24H23N5O5/c1-4-34-18-11-7-16(8-12-18)26-20(30)14-29-23(31)19-13-25-21(27-22(19)28(2)24(29)32)15-5-9-17(33-3)10-6-15/h5-13H,4,14H2,1-3H3,(H,26,30). The molecule has 4 rings (SSSR count). The van der Waals surface area contributed by atoms with Gasteiger partial charge in [-0.3, -0.25) is 18.7 Å². The van der Waals surface area contributed by atoms with Gasteiger partial charge in [-0.1, -0.05) is 0 Å². The maximum Gasteiger partial charge on any atom is 0.332 e. The lowest BCUT2D eigenvalue weighted by Crippen LogP contribution is -2.42. The number of aromatic nitrogens is 4.